The number of aliphatic hydroxyl groups is 6. The Kier molecular flexibility index (Phi) is 9.31. The summed E-state index contributed by atoms with van der Waals surface area (Å²) in [6, 6.07) is 4.11. The highest BCUT2D eigenvalue weighted by atomic mass is 16.6. The fourth-order valence-corrected chi connectivity index (χ4v) is 12.7. The number of phenolic OH excluding ortho intramolecular Hbond substituents is 2. The van der Waals surface area contributed by atoms with Crippen molar-refractivity contribution in [1.82, 2.24) is 0 Å². The molecule has 1 aromatic rings. The zero-order valence-corrected chi connectivity index (χ0v) is 30.4. The lowest BCUT2D eigenvalue weighted by molar-refractivity contribution is -0.233. The Hall–Kier alpha value is -2.09. The van der Waals surface area contributed by atoms with Crippen LogP contribution >= 0.6 is 0 Å². The third kappa shape index (κ3) is 5.09. The first kappa shape index (κ1) is 37.2. The van der Waals surface area contributed by atoms with E-state index >= 15 is 0 Å². The lowest BCUT2D eigenvalue weighted by atomic mass is 9.43. The summed E-state index contributed by atoms with van der Waals surface area (Å²) in [4.78, 5) is 14.6. The second kappa shape index (κ2) is 12.8. The third-order valence-electron chi connectivity index (χ3n) is 15.3. The van der Waals surface area contributed by atoms with Crippen molar-refractivity contribution < 1.29 is 55.1 Å². The Morgan fingerprint density at radius 1 is 0.961 bits per heavy atom. The van der Waals surface area contributed by atoms with E-state index in [0.29, 0.717) is 43.2 Å². The van der Waals surface area contributed by atoms with E-state index in [2.05, 4.69) is 6.92 Å². The van der Waals surface area contributed by atoms with Crippen LogP contribution in [0.2, 0.25) is 0 Å². The molecule has 11 heteroatoms. The number of fused-ring (bicyclic) bond motifs is 7. The molecule has 1 aromatic carbocycles. The summed E-state index contributed by atoms with van der Waals surface area (Å²) in [5, 5.41) is 90.6. The summed E-state index contributed by atoms with van der Waals surface area (Å²) in [5.41, 5.74) is -5.27. The first-order chi connectivity index (χ1) is 24.0. The number of carbonyl (C=O) groups is 1. The van der Waals surface area contributed by atoms with Gasteiger partial charge >= 0.3 is 0 Å². The van der Waals surface area contributed by atoms with Crippen LogP contribution in [0.25, 0.3) is 0 Å². The van der Waals surface area contributed by atoms with E-state index in [-0.39, 0.29) is 67.7 Å². The van der Waals surface area contributed by atoms with Crippen LogP contribution in [0, 0.1) is 40.4 Å². The number of hydrogen-bond donors (Lipinski definition) is 8. The second-order valence-corrected chi connectivity index (χ2v) is 17.6. The lowest BCUT2D eigenvalue weighted by Gasteiger charge is -2.62. The Labute approximate surface area is 300 Å². The molecule has 15 atom stereocenters. The topological polar surface area (TPSA) is 197 Å². The number of allylic oxidation sites excluding steroid dienone is 1. The average molecular weight is 715 g/mol. The van der Waals surface area contributed by atoms with Gasteiger partial charge < -0.3 is 50.3 Å². The molecule has 5 fully saturated rings. The normalized spacial score (nSPS) is 49.1. The molecule has 0 radical (unpaired) electrons. The molecule has 0 amide bonds. The van der Waals surface area contributed by atoms with Gasteiger partial charge in [0.2, 0.25) is 0 Å². The molecule has 0 aromatic heterocycles. The van der Waals surface area contributed by atoms with E-state index in [4.69, 9.17) is 9.47 Å². The van der Waals surface area contributed by atoms with Crippen LogP contribution in [0.3, 0.4) is 0 Å². The van der Waals surface area contributed by atoms with Gasteiger partial charge in [-0.1, -0.05) is 40.5 Å². The number of aromatic hydroxyl groups is 2. The average Bonchev–Trinajstić information content (AvgIpc) is 3.40. The Bertz CT molecular complexity index is 1530. The fourth-order valence-electron chi connectivity index (χ4n) is 12.7. The van der Waals surface area contributed by atoms with Crippen LogP contribution in [-0.4, -0.2) is 108 Å². The van der Waals surface area contributed by atoms with Gasteiger partial charge in [-0.15, -0.1) is 0 Å². The molecular weight excluding hydrogens is 656 g/mol. The standard InChI is InChI=1S/C40H58O11/c1-21-7-5-9-40(35(47)22(21)2)38(48,11-13-42)34-30(51-40)20-39(49)27-18-28(45)32-31(23-15-24(43)17-25(44)16-23)33(46)29(50-14-6-12-41)19-36(32,3)26(27)8-10-37(34,39)4/h15-18,21-22,26,29-35,41-44,46-49H,5-14,19-20H2,1-4H3. The van der Waals surface area contributed by atoms with Gasteiger partial charge in [-0.2, -0.15) is 0 Å². The smallest absolute Gasteiger partial charge is 0.160 e. The van der Waals surface area contributed by atoms with Crippen molar-refractivity contribution in [2.75, 3.05) is 19.8 Å². The van der Waals surface area contributed by atoms with Gasteiger partial charge in [0.15, 0.2) is 5.78 Å². The summed E-state index contributed by atoms with van der Waals surface area (Å²) >= 11 is 0. The number of rotatable bonds is 7. The van der Waals surface area contributed by atoms with Crippen molar-refractivity contribution in [2.24, 2.45) is 40.4 Å². The van der Waals surface area contributed by atoms with Crippen LogP contribution < -0.4 is 0 Å². The molecule has 8 N–H and O–H groups in total. The number of phenols is 2. The number of hydrogen-bond acceptors (Lipinski definition) is 11. The van der Waals surface area contributed by atoms with Gasteiger partial charge in [-0.25, -0.2) is 0 Å². The number of ether oxygens (including phenoxy) is 2. The van der Waals surface area contributed by atoms with Crippen molar-refractivity contribution in [3.05, 3.63) is 35.4 Å². The monoisotopic (exact) mass is 714 g/mol. The maximum Gasteiger partial charge on any atom is 0.160 e. The van der Waals surface area contributed by atoms with Crippen LogP contribution in [-0.2, 0) is 14.3 Å². The fraction of sp³-hybridized carbons (Fsp3) is 0.775. The van der Waals surface area contributed by atoms with Crippen LogP contribution in [0.5, 0.6) is 11.5 Å². The molecule has 7 rings (SSSR count). The molecule has 1 saturated heterocycles. The summed E-state index contributed by atoms with van der Waals surface area (Å²) in [6.07, 6.45) is 1.96. The van der Waals surface area contributed by atoms with Gasteiger partial charge in [-0.3, -0.25) is 4.79 Å². The molecule has 4 saturated carbocycles. The molecule has 0 bridgehead atoms. The molecule has 1 spiro atoms. The summed E-state index contributed by atoms with van der Waals surface area (Å²) in [5.74, 6) is -3.13. The van der Waals surface area contributed by atoms with E-state index in [0.717, 1.165) is 12.8 Å². The Balaban J connectivity index is 1.31. The van der Waals surface area contributed by atoms with Crippen LogP contribution in [0.4, 0.5) is 0 Å². The van der Waals surface area contributed by atoms with E-state index in [1.54, 1.807) is 6.08 Å². The van der Waals surface area contributed by atoms with Gasteiger partial charge in [0, 0.05) is 61.9 Å². The maximum absolute atomic E-state index is 14.6. The number of benzene rings is 1. The van der Waals surface area contributed by atoms with E-state index in [1.165, 1.54) is 18.2 Å². The largest absolute Gasteiger partial charge is 0.508 e. The minimum absolute atomic E-state index is 0.0115. The van der Waals surface area contributed by atoms with E-state index < -0.39 is 69.8 Å². The van der Waals surface area contributed by atoms with Crippen molar-refractivity contribution in [1.29, 1.82) is 0 Å². The van der Waals surface area contributed by atoms with E-state index in [1.807, 2.05) is 20.8 Å². The number of ketones is 1. The molecule has 1 aliphatic heterocycles. The molecular formula is C40H58O11. The van der Waals surface area contributed by atoms with Gasteiger partial charge in [0.1, 0.15) is 22.7 Å². The number of carbonyl (C=O) groups excluding carboxylic acids is 1. The molecule has 284 valence electrons. The van der Waals surface area contributed by atoms with Crippen LogP contribution in [0.1, 0.15) is 97.0 Å². The first-order valence-electron chi connectivity index (χ1n) is 19.1. The quantitative estimate of drug-likeness (QED) is 0.193. The van der Waals surface area contributed by atoms with Crippen molar-refractivity contribution in [3.8, 4) is 11.5 Å². The minimum atomic E-state index is -1.63. The maximum atomic E-state index is 14.6. The predicted molar refractivity (Wildman–Crippen MR) is 186 cm³/mol. The molecule has 6 aliphatic rings. The zero-order chi connectivity index (χ0) is 36.9. The highest BCUT2D eigenvalue weighted by Gasteiger charge is 2.80. The Morgan fingerprint density at radius 3 is 2.33 bits per heavy atom. The summed E-state index contributed by atoms with van der Waals surface area (Å²) < 4.78 is 13.1. The summed E-state index contributed by atoms with van der Waals surface area (Å²) in [7, 11) is 0. The highest BCUT2D eigenvalue weighted by molar-refractivity contribution is 5.96. The molecule has 5 aliphatic carbocycles. The lowest BCUT2D eigenvalue weighted by Crippen LogP contribution is -2.68. The molecule has 51 heavy (non-hydrogen) atoms. The zero-order valence-electron chi connectivity index (χ0n) is 30.4. The van der Waals surface area contributed by atoms with Crippen molar-refractivity contribution in [2.45, 2.75) is 133 Å². The highest BCUT2D eigenvalue weighted by Crippen LogP contribution is 2.73. The first-order valence-corrected chi connectivity index (χ1v) is 19.1. The molecule has 11 nitrogen and oxygen atoms in total. The molecule has 15 unspecified atom stereocenters. The van der Waals surface area contributed by atoms with E-state index in [9.17, 15) is 45.6 Å². The van der Waals surface area contributed by atoms with Gasteiger partial charge in [0.25, 0.3) is 0 Å². The van der Waals surface area contributed by atoms with Gasteiger partial charge in [0.05, 0.1) is 30.0 Å². The van der Waals surface area contributed by atoms with Crippen molar-refractivity contribution in [3.63, 3.8) is 0 Å². The second-order valence-electron chi connectivity index (χ2n) is 17.6. The van der Waals surface area contributed by atoms with Gasteiger partial charge in [-0.05, 0) is 84.6 Å². The van der Waals surface area contributed by atoms with Crippen molar-refractivity contribution >= 4 is 5.78 Å². The van der Waals surface area contributed by atoms with Crippen LogP contribution in [0.15, 0.2) is 29.8 Å². The molecule has 1 heterocycles. The predicted octanol–water partition coefficient (Wildman–Crippen LogP) is 3.08. The minimum Gasteiger partial charge on any atom is -0.508 e. The third-order valence-corrected chi connectivity index (χ3v) is 15.3. The Morgan fingerprint density at radius 2 is 1.67 bits per heavy atom. The number of aliphatic hydroxyl groups excluding tert-OH is 4. The summed E-state index contributed by atoms with van der Waals surface area (Å²) in [6.45, 7) is 7.87. The SMILES string of the molecule is CC1CCCC2(OC3CC4(O)C5=CC(=O)C6C(c7cc(O)cc(O)c7)C(O)C(OCCCO)CC6(C)C5CCC4(C)C3C2(O)CCO)C(O)C1C.